The van der Waals surface area contributed by atoms with Crippen molar-refractivity contribution in [2.24, 2.45) is 0 Å². The molecule has 2 rings (SSSR count). The van der Waals surface area contributed by atoms with Gasteiger partial charge in [-0.05, 0) is 43.9 Å². The van der Waals surface area contributed by atoms with Crippen molar-refractivity contribution < 1.29 is 27.4 Å². The number of alkyl halides is 3. The average Bonchev–Trinajstić information content (AvgIpc) is 2.89. The molecular formula is C14H15F3O3. The van der Waals surface area contributed by atoms with Gasteiger partial charge in [0.15, 0.2) is 0 Å². The molecule has 6 heteroatoms. The largest absolute Gasteiger partial charge is 0.490 e. The normalized spacial score (nSPS) is 16.2. The number of esters is 1. The van der Waals surface area contributed by atoms with Gasteiger partial charge in [-0.1, -0.05) is 0 Å². The van der Waals surface area contributed by atoms with E-state index in [0.717, 1.165) is 44.9 Å². The molecule has 110 valence electrons. The second-order valence-corrected chi connectivity index (χ2v) is 4.72. The highest BCUT2D eigenvalue weighted by Gasteiger charge is 2.36. The van der Waals surface area contributed by atoms with Gasteiger partial charge in [0.25, 0.3) is 0 Å². The zero-order chi connectivity index (χ0) is 14.8. The van der Waals surface area contributed by atoms with E-state index in [1.54, 1.807) is 0 Å². The first-order valence-electron chi connectivity index (χ1n) is 6.38. The van der Waals surface area contributed by atoms with Crippen molar-refractivity contribution in [2.45, 2.75) is 38.0 Å². The summed E-state index contributed by atoms with van der Waals surface area (Å²) in [4.78, 5) is 11.5. The molecule has 0 heterocycles. The molecule has 0 unspecified atom stereocenters. The summed E-state index contributed by atoms with van der Waals surface area (Å²) in [5.41, 5.74) is -1.53. The number of hydrogen-bond acceptors (Lipinski definition) is 3. The molecule has 0 saturated heterocycles. The van der Waals surface area contributed by atoms with E-state index in [1.807, 2.05) is 0 Å². The van der Waals surface area contributed by atoms with Crippen LogP contribution in [0.2, 0.25) is 0 Å². The van der Waals surface area contributed by atoms with Gasteiger partial charge in [-0.15, -0.1) is 0 Å². The third kappa shape index (κ3) is 3.23. The first-order valence-corrected chi connectivity index (χ1v) is 6.38. The minimum atomic E-state index is -4.60. The van der Waals surface area contributed by atoms with E-state index < -0.39 is 23.3 Å². The van der Waals surface area contributed by atoms with E-state index in [-0.39, 0.29) is 11.9 Å². The molecule has 20 heavy (non-hydrogen) atoms. The maximum atomic E-state index is 12.8. The van der Waals surface area contributed by atoms with E-state index >= 15 is 0 Å². The van der Waals surface area contributed by atoms with Crippen LogP contribution >= 0.6 is 0 Å². The third-order valence-corrected chi connectivity index (χ3v) is 3.31. The Balaban J connectivity index is 2.30. The SMILES string of the molecule is COC(=O)c1cc(OC2CCCC2)ccc1C(F)(F)F. The van der Waals surface area contributed by atoms with Crippen LogP contribution in [-0.4, -0.2) is 19.2 Å². The number of carbonyl (C=O) groups is 1. The van der Waals surface area contributed by atoms with Gasteiger partial charge < -0.3 is 9.47 Å². The second-order valence-electron chi connectivity index (χ2n) is 4.72. The van der Waals surface area contributed by atoms with Crippen LogP contribution in [0.15, 0.2) is 18.2 Å². The fourth-order valence-electron chi connectivity index (χ4n) is 2.32. The molecule has 3 nitrogen and oxygen atoms in total. The minimum Gasteiger partial charge on any atom is -0.490 e. The van der Waals surface area contributed by atoms with E-state index in [1.165, 1.54) is 6.07 Å². The Morgan fingerprint density at radius 3 is 2.45 bits per heavy atom. The number of carbonyl (C=O) groups excluding carboxylic acids is 1. The van der Waals surface area contributed by atoms with Crippen LogP contribution < -0.4 is 4.74 Å². The molecule has 0 N–H and O–H groups in total. The lowest BCUT2D eigenvalue weighted by atomic mass is 10.1. The van der Waals surface area contributed by atoms with E-state index in [9.17, 15) is 18.0 Å². The summed E-state index contributed by atoms with van der Waals surface area (Å²) in [6.45, 7) is 0. The minimum absolute atomic E-state index is 0.0113. The Kier molecular flexibility index (Phi) is 4.20. The summed E-state index contributed by atoms with van der Waals surface area (Å²) in [6.07, 6.45) is -0.722. The molecule has 0 atom stereocenters. The van der Waals surface area contributed by atoms with Gasteiger partial charge in [0.1, 0.15) is 5.75 Å². The van der Waals surface area contributed by atoms with Crippen molar-refractivity contribution in [3.63, 3.8) is 0 Å². The molecule has 0 aromatic heterocycles. The summed E-state index contributed by atoms with van der Waals surface area (Å²) in [5.74, 6) is -0.750. The second kappa shape index (κ2) is 5.73. The van der Waals surface area contributed by atoms with Gasteiger partial charge in [-0.3, -0.25) is 0 Å². The van der Waals surface area contributed by atoms with Crippen LogP contribution in [0.4, 0.5) is 13.2 Å². The summed E-state index contributed by atoms with van der Waals surface area (Å²) < 4.78 is 48.5. The highest BCUT2D eigenvalue weighted by molar-refractivity contribution is 5.91. The number of benzene rings is 1. The van der Waals surface area contributed by atoms with Gasteiger partial charge in [0.05, 0.1) is 24.3 Å². The number of halogens is 3. The smallest absolute Gasteiger partial charge is 0.417 e. The summed E-state index contributed by atoms with van der Waals surface area (Å²) >= 11 is 0. The number of methoxy groups -OCH3 is 1. The highest BCUT2D eigenvalue weighted by atomic mass is 19.4. The Morgan fingerprint density at radius 2 is 1.90 bits per heavy atom. The topological polar surface area (TPSA) is 35.5 Å². The monoisotopic (exact) mass is 288 g/mol. The Bertz CT molecular complexity index is 491. The first-order chi connectivity index (χ1) is 9.41. The predicted octanol–water partition coefficient (Wildman–Crippen LogP) is 3.81. The van der Waals surface area contributed by atoms with E-state index in [4.69, 9.17) is 4.74 Å². The average molecular weight is 288 g/mol. The highest BCUT2D eigenvalue weighted by Crippen LogP contribution is 2.35. The predicted molar refractivity (Wildman–Crippen MR) is 65.7 cm³/mol. The van der Waals surface area contributed by atoms with Crippen molar-refractivity contribution in [3.8, 4) is 5.75 Å². The maximum Gasteiger partial charge on any atom is 0.417 e. The Morgan fingerprint density at radius 1 is 1.25 bits per heavy atom. The van der Waals surface area contributed by atoms with Gasteiger partial charge in [0, 0.05) is 0 Å². The van der Waals surface area contributed by atoms with Crippen molar-refractivity contribution in [1.29, 1.82) is 0 Å². The molecule has 0 aliphatic heterocycles. The quantitative estimate of drug-likeness (QED) is 0.793. The van der Waals surface area contributed by atoms with Crippen LogP contribution in [0, 0.1) is 0 Å². The molecule has 1 aliphatic rings. The maximum absolute atomic E-state index is 12.8. The molecule has 1 aliphatic carbocycles. The lowest BCUT2D eigenvalue weighted by Gasteiger charge is -2.16. The molecule has 0 radical (unpaired) electrons. The fraction of sp³-hybridized carbons (Fsp3) is 0.500. The lowest BCUT2D eigenvalue weighted by Crippen LogP contribution is -2.16. The van der Waals surface area contributed by atoms with E-state index in [2.05, 4.69) is 4.74 Å². The third-order valence-electron chi connectivity index (χ3n) is 3.31. The fourth-order valence-corrected chi connectivity index (χ4v) is 2.32. The first kappa shape index (κ1) is 14.7. The van der Waals surface area contributed by atoms with E-state index in [0.29, 0.717) is 0 Å². The molecule has 1 aromatic rings. The molecular weight excluding hydrogens is 273 g/mol. The number of ether oxygens (including phenoxy) is 2. The molecule has 1 aromatic carbocycles. The zero-order valence-corrected chi connectivity index (χ0v) is 11.0. The van der Waals surface area contributed by atoms with Crippen molar-refractivity contribution in [3.05, 3.63) is 29.3 Å². The van der Waals surface area contributed by atoms with Gasteiger partial charge in [0.2, 0.25) is 0 Å². The van der Waals surface area contributed by atoms with Gasteiger partial charge in [-0.25, -0.2) is 4.79 Å². The van der Waals surface area contributed by atoms with Crippen LogP contribution in [0.25, 0.3) is 0 Å². The van der Waals surface area contributed by atoms with Crippen molar-refractivity contribution in [1.82, 2.24) is 0 Å². The number of hydrogen-bond donors (Lipinski definition) is 0. The Hall–Kier alpha value is -1.72. The van der Waals surface area contributed by atoms with Crippen LogP contribution in [-0.2, 0) is 10.9 Å². The molecule has 0 spiro atoms. The molecule has 1 fully saturated rings. The summed E-state index contributed by atoms with van der Waals surface area (Å²) in [6, 6.07) is 3.21. The standard InChI is InChI=1S/C14H15F3O3/c1-19-13(18)11-8-10(20-9-4-2-3-5-9)6-7-12(11)14(15,16)17/h6-9H,2-5H2,1H3. The van der Waals surface area contributed by atoms with Gasteiger partial charge >= 0.3 is 12.1 Å². The van der Waals surface area contributed by atoms with Crippen molar-refractivity contribution >= 4 is 5.97 Å². The molecule has 0 amide bonds. The summed E-state index contributed by atoms with van der Waals surface area (Å²) in [7, 11) is 1.05. The number of rotatable bonds is 3. The van der Waals surface area contributed by atoms with Crippen LogP contribution in [0.3, 0.4) is 0 Å². The molecule has 0 bridgehead atoms. The van der Waals surface area contributed by atoms with Crippen LogP contribution in [0.1, 0.15) is 41.6 Å². The zero-order valence-electron chi connectivity index (χ0n) is 11.0. The lowest BCUT2D eigenvalue weighted by molar-refractivity contribution is -0.138. The molecule has 1 saturated carbocycles. The van der Waals surface area contributed by atoms with Crippen LogP contribution in [0.5, 0.6) is 5.75 Å². The Labute approximate surface area is 114 Å². The summed E-state index contributed by atoms with van der Waals surface area (Å²) in [5, 5.41) is 0. The van der Waals surface area contributed by atoms with Crippen molar-refractivity contribution in [2.75, 3.05) is 7.11 Å². The van der Waals surface area contributed by atoms with Gasteiger partial charge in [-0.2, -0.15) is 13.2 Å².